The van der Waals surface area contributed by atoms with Gasteiger partial charge in [-0.1, -0.05) is 30.3 Å². The van der Waals surface area contributed by atoms with Crippen LogP contribution in [0.1, 0.15) is 17.2 Å². The van der Waals surface area contributed by atoms with Crippen molar-refractivity contribution < 1.29 is 9.84 Å². The zero-order valence-corrected chi connectivity index (χ0v) is 12.3. The van der Waals surface area contributed by atoms with E-state index in [1.807, 2.05) is 66.0 Å². The van der Waals surface area contributed by atoms with Gasteiger partial charge in [0.1, 0.15) is 11.5 Å². The van der Waals surface area contributed by atoms with Gasteiger partial charge in [-0.15, -0.1) is 0 Å². The molecule has 1 unspecified atom stereocenters. The van der Waals surface area contributed by atoms with Gasteiger partial charge in [0.25, 0.3) is 0 Å². The predicted molar refractivity (Wildman–Crippen MR) is 85.9 cm³/mol. The molecule has 1 heterocycles. The van der Waals surface area contributed by atoms with Gasteiger partial charge in [-0.25, -0.2) is 0 Å². The monoisotopic (exact) mass is 296 g/mol. The van der Waals surface area contributed by atoms with Gasteiger partial charge < -0.3 is 9.84 Å². The second-order valence-electron chi connectivity index (χ2n) is 4.84. The van der Waals surface area contributed by atoms with Crippen molar-refractivity contribution in [2.24, 2.45) is 0 Å². The highest BCUT2D eigenvalue weighted by molar-refractivity contribution is 7.07. The molecule has 1 N–H and O–H groups in total. The van der Waals surface area contributed by atoms with E-state index in [1.165, 1.54) is 0 Å². The number of aliphatic hydroxyl groups excluding tert-OH is 1. The summed E-state index contributed by atoms with van der Waals surface area (Å²) in [4.78, 5) is 0. The first-order valence-corrected chi connectivity index (χ1v) is 7.77. The van der Waals surface area contributed by atoms with Gasteiger partial charge in [0, 0.05) is 6.42 Å². The molecule has 0 saturated heterocycles. The minimum Gasteiger partial charge on any atom is -0.457 e. The molecule has 0 aliphatic carbocycles. The Bertz CT molecular complexity index is 677. The SMILES string of the molecule is OC(Cc1ccsc1)c1cccc(Oc2ccccc2)c1. The summed E-state index contributed by atoms with van der Waals surface area (Å²) in [6, 6.07) is 19.3. The average molecular weight is 296 g/mol. The number of aliphatic hydroxyl groups is 1. The van der Waals surface area contributed by atoms with Crippen LogP contribution in [-0.2, 0) is 6.42 Å². The molecule has 0 aliphatic rings. The molecule has 0 amide bonds. The van der Waals surface area contributed by atoms with Crippen molar-refractivity contribution in [1.29, 1.82) is 0 Å². The topological polar surface area (TPSA) is 29.5 Å². The van der Waals surface area contributed by atoms with E-state index < -0.39 is 6.10 Å². The van der Waals surface area contributed by atoms with E-state index in [-0.39, 0.29) is 0 Å². The second-order valence-corrected chi connectivity index (χ2v) is 5.62. The fraction of sp³-hybridized carbons (Fsp3) is 0.111. The summed E-state index contributed by atoms with van der Waals surface area (Å²) in [7, 11) is 0. The summed E-state index contributed by atoms with van der Waals surface area (Å²) in [6.07, 6.45) is 0.108. The lowest BCUT2D eigenvalue weighted by Gasteiger charge is -2.12. The van der Waals surface area contributed by atoms with Crippen LogP contribution in [0.5, 0.6) is 11.5 Å². The second kappa shape index (κ2) is 6.57. The number of hydrogen-bond acceptors (Lipinski definition) is 3. The normalized spacial score (nSPS) is 12.0. The van der Waals surface area contributed by atoms with Crippen molar-refractivity contribution in [2.45, 2.75) is 12.5 Å². The predicted octanol–water partition coefficient (Wildman–Crippen LogP) is 4.82. The smallest absolute Gasteiger partial charge is 0.127 e. The molecule has 0 spiro atoms. The van der Waals surface area contributed by atoms with Gasteiger partial charge in [0.05, 0.1) is 6.10 Å². The standard InChI is InChI=1S/C18H16O2S/c19-18(11-14-9-10-21-13-14)15-5-4-8-17(12-15)20-16-6-2-1-3-7-16/h1-10,12-13,18-19H,11H2. The summed E-state index contributed by atoms with van der Waals surface area (Å²) >= 11 is 1.65. The average Bonchev–Trinajstić information content (AvgIpc) is 3.01. The van der Waals surface area contributed by atoms with Gasteiger partial charge >= 0.3 is 0 Å². The Kier molecular flexibility index (Phi) is 4.34. The van der Waals surface area contributed by atoms with Crippen LogP contribution in [0.4, 0.5) is 0 Å². The van der Waals surface area contributed by atoms with Crippen molar-refractivity contribution in [3.8, 4) is 11.5 Å². The van der Waals surface area contributed by atoms with E-state index in [1.54, 1.807) is 11.3 Å². The lowest BCUT2D eigenvalue weighted by atomic mass is 10.0. The Morgan fingerprint density at radius 1 is 0.952 bits per heavy atom. The van der Waals surface area contributed by atoms with E-state index in [9.17, 15) is 5.11 Å². The van der Waals surface area contributed by atoms with Crippen LogP contribution in [0.3, 0.4) is 0 Å². The zero-order valence-electron chi connectivity index (χ0n) is 11.5. The number of benzene rings is 2. The van der Waals surface area contributed by atoms with Gasteiger partial charge in [0.15, 0.2) is 0 Å². The van der Waals surface area contributed by atoms with Crippen molar-refractivity contribution >= 4 is 11.3 Å². The van der Waals surface area contributed by atoms with Crippen LogP contribution in [-0.4, -0.2) is 5.11 Å². The highest BCUT2D eigenvalue weighted by Crippen LogP contribution is 2.26. The van der Waals surface area contributed by atoms with Crippen molar-refractivity contribution in [3.05, 3.63) is 82.6 Å². The lowest BCUT2D eigenvalue weighted by Crippen LogP contribution is -2.01. The van der Waals surface area contributed by atoms with Gasteiger partial charge in [0.2, 0.25) is 0 Å². The Morgan fingerprint density at radius 2 is 1.76 bits per heavy atom. The number of ether oxygens (including phenoxy) is 1. The molecule has 2 aromatic carbocycles. The maximum absolute atomic E-state index is 10.3. The quantitative estimate of drug-likeness (QED) is 0.731. The molecule has 3 rings (SSSR count). The molecular weight excluding hydrogens is 280 g/mol. The molecule has 0 bridgehead atoms. The van der Waals surface area contributed by atoms with E-state index in [0.29, 0.717) is 6.42 Å². The van der Waals surface area contributed by atoms with Crippen LogP contribution >= 0.6 is 11.3 Å². The van der Waals surface area contributed by atoms with E-state index >= 15 is 0 Å². The summed E-state index contributed by atoms with van der Waals surface area (Å²) in [5.74, 6) is 1.53. The van der Waals surface area contributed by atoms with Gasteiger partial charge in [-0.05, 0) is 52.2 Å². The molecule has 0 fully saturated rings. The lowest BCUT2D eigenvalue weighted by molar-refractivity contribution is 0.178. The molecule has 106 valence electrons. The van der Waals surface area contributed by atoms with Crippen molar-refractivity contribution in [1.82, 2.24) is 0 Å². The molecule has 2 nitrogen and oxygen atoms in total. The molecule has 21 heavy (non-hydrogen) atoms. The Morgan fingerprint density at radius 3 is 2.52 bits per heavy atom. The number of rotatable bonds is 5. The zero-order chi connectivity index (χ0) is 14.5. The number of thiophene rings is 1. The summed E-state index contributed by atoms with van der Waals surface area (Å²) in [5.41, 5.74) is 2.02. The third kappa shape index (κ3) is 3.72. The number of para-hydroxylation sites is 1. The first-order valence-electron chi connectivity index (χ1n) is 6.83. The van der Waals surface area contributed by atoms with Crippen LogP contribution in [0.15, 0.2) is 71.4 Å². The van der Waals surface area contributed by atoms with E-state index in [4.69, 9.17) is 4.74 Å². The minimum absolute atomic E-state index is 0.515. The molecule has 0 saturated carbocycles. The molecule has 3 aromatic rings. The highest BCUT2D eigenvalue weighted by atomic mass is 32.1. The fourth-order valence-electron chi connectivity index (χ4n) is 2.16. The molecular formula is C18H16O2S. The first kappa shape index (κ1) is 13.9. The highest BCUT2D eigenvalue weighted by Gasteiger charge is 2.10. The fourth-order valence-corrected chi connectivity index (χ4v) is 2.84. The minimum atomic E-state index is -0.515. The van der Waals surface area contributed by atoms with Crippen LogP contribution < -0.4 is 4.74 Å². The van der Waals surface area contributed by atoms with Gasteiger partial charge in [-0.2, -0.15) is 11.3 Å². The Balaban J connectivity index is 1.73. The third-order valence-corrected chi connectivity index (χ3v) is 3.96. The molecule has 3 heteroatoms. The maximum atomic E-state index is 10.3. The van der Waals surface area contributed by atoms with Crippen LogP contribution in [0, 0.1) is 0 Å². The molecule has 1 atom stereocenters. The summed E-state index contributed by atoms with van der Waals surface area (Å²) in [5, 5.41) is 14.4. The van der Waals surface area contributed by atoms with Crippen LogP contribution in [0.25, 0.3) is 0 Å². The van der Waals surface area contributed by atoms with E-state index in [0.717, 1.165) is 22.6 Å². The third-order valence-electron chi connectivity index (χ3n) is 3.23. The Hall–Kier alpha value is -2.10. The number of hydrogen-bond donors (Lipinski definition) is 1. The van der Waals surface area contributed by atoms with E-state index in [2.05, 4.69) is 5.38 Å². The van der Waals surface area contributed by atoms with Crippen LogP contribution in [0.2, 0.25) is 0 Å². The summed E-state index contributed by atoms with van der Waals surface area (Å²) in [6.45, 7) is 0. The van der Waals surface area contributed by atoms with Crippen molar-refractivity contribution in [2.75, 3.05) is 0 Å². The largest absolute Gasteiger partial charge is 0.457 e. The molecule has 0 radical (unpaired) electrons. The summed E-state index contributed by atoms with van der Waals surface area (Å²) < 4.78 is 5.80. The van der Waals surface area contributed by atoms with Gasteiger partial charge in [-0.3, -0.25) is 0 Å². The first-order chi connectivity index (χ1) is 10.3. The Labute approximate surface area is 128 Å². The molecule has 1 aromatic heterocycles. The molecule has 0 aliphatic heterocycles. The maximum Gasteiger partial charge on any atom is 0.127 e. The van der Waals surface area contributed by atoms with Crippen molar-refractivity contribution in [3.63, 3.8) is 0 Å².